The number of ether oxygens (including phenoxy) is 2. The van der Waals surface area contributed by atoms with Crippen molar-refractivity contribution >= 4 is 23.2 Å². The Labute approximate surface area is 213 Å². The summed E-state index contributed by atoms with van der Waals surface area (Å²) < 4.78 is 11.9. The summed E-state index contributed by atoms with van der Waals surface area (Å²) in [5, 5.41) is 0.731. The molecule has 1 fully saturated rings. The molecule has 184 valence electrons. The van der Waals surface area contributed by atoms with E-state index in [1.807, 2.05) is 60.4 Å². The third-order valence-corrected chi connectivity index (χ3v) is 6.51. The van der Waals surface area contributed by atoms with E-state index in [1.54, 1.807) is 0 Å². The fourth-order valence-corrected chi connectivity index (χ4v) is 4.72. The first kappa shape index (κ1) is 24.9. The number of nitrogens with zero attached hydrogens (tertiary/aromatic N) is 2. The number of piperazine rings is 1. The molecule has 1 aliphatic heterocycles. The maximum absolute atomic E-state index is 13.4. The number of aryl methyl sites for hydroxylation is 3. The maximum atomic E-state index is 13.4. The van der Waals surface area contributed by atoms with E-state index in [4.69, 9.17) is 21.1 Å². The first-order chi connectivity index (χ1) is 16.8. The minimum absolute atomic E-state index is 0.0307. The molecule has 3 aromatic carbocycles. The largest absolute Gasteiger partial charge is 0.493 e. The highest BCUT2D eigenvalue weighted by atomic mass is 35.5. The highest BCUT2D eigenvalue weighted by molar-refractivity contribution is 6.30. The zero-order valence-electron chi connectivity index (χ0n) is 20.9. The number of hydrogen-bond donors (Lipinski definition) is 0. The lowest BCUT2D eigenvalue weighted by Crippen LogP contribution is -2.49. The first-order valence-electron chi connectivity index (χ1n) is 12.1. The summed E-state index contributed by atoms with van der Waals surface area (Å²) in [5.74, 6) is 1.59. The molecule has 35 heavy (non-hydrogen) atoms. The summed E-state index contributed by atoms with van der Waals surface area (Å²) in [5.41, 5.74) is 6.15. The van der Waals surface area contributed by atoms with Crippen molar-refractivity contribution in [3.05, 3.63) is 87.4 Å². The molecule has 1 heterocycles. The monoisotopic (exact) mass is 492 g/mol. The Morgan fingerprint density at radius 2 is 1.60 bits per heavy atom. The standard InChI is InChI=1S/C29H33ClN2O3/c1-5-34-28-9-7-23(17-24(28)19-35-26-15-20(2)14-21(3)16-26)29(33)32-12-10-31(11-13-32)27-18-25(30)8-6-22(27)4/h6-9,14-18H,5,10-13,19H2,1-4H3. The Morgan fingerprint density at radius 3 is 2.29 bits per heavy atom. The van der Waals surface area contributed by atoms with Gasteiger partial charge in [-0.15, -0.1) is 0 Å². The number of hydrogen-bond acceptors (Lipinski definition) is 4. The second-order valence-corrected chi connectivity index (χ2v) is 9.51. The SMILES string of the molecule is CCOc1ccc(C(=O)N2CCN(c3cc(Cl)ccc3C)CC2)cc1COc1cc(C)cc(C)c1. The van der Waals surface area contributed by atoms with Crippen molar-refractivity contribution in [2.45, 2.75) is 34.3 Å². The van der Waals surface area contributed by atoms with E-state index in [1.165, 1.54) is 5.56 Å². The van der Waals surface area contributed by atoms with Crippen LogP contribution in [0.3, 0.4) is 0 Å². The Kier molecular flexibility index (Phi) is 7.86. The number of carbonyl (C=O) groups excluding carboxylic acids is 1. The van der Waals surface area contributed by atoms with Gasteiger partial charge < -0.3 is 19.3 Å². The third kappa shape index (κ3) is 6.09. The number of amides is 1. The molecule has 1 aliphatic rings. The van der Waals surface area contributed by atoms with E-state index < -0.39 is 0 Å². The number of rotatable bonds is 7. The molecule has 1 amide bonds. The molecular weight excluding hydrogens is 460 g/mol. The van der Waals surface area contributed by atoms with Crippen LogP contribution in [0.2, 0.25) is 5.02 Å². The van der Waals surface area contributed by atoms with E-state index in [-0.39, 0.29) is 5.91 Å². The van der Waals surface area contributed by atoms with Crippen LogP contribution in [0.4, 0.5) is 5.69 Å². The summed E-state index contributed by atoms with van der Waals surface area (Å²) in [4.78, 5) is 17.6. The molecule has 0 saturated carbocycles. The second-order valence-electron chi connectivity index (χ2n) is 9.08. The lowest BCUT2D eigenvalue weighted by molar-refractivity contribution is 0.0746. The highest BCUT2D eigenvalue weighted by Gasteiger charge is 2.24. The average Bonchev–Trinajstić information content (AvgIpc) is 2.84. The highest BCUT2D eigenvalue weighted by Crippen LogP contribution is 2.27. The van der Waals surface area contributed by atoms with Crippen LogP contribution in [-0.2, 0) is 6.61 Å². The Hall–Kier alpha value is -3.18. The summed E-state index contributed by atoms with van der Waals surface area (Å²) in [6, 6.07) is 17.7. The van der Waals surface area contributed by atoms with Crippen molar-refractivity contribution in [3.8, 4) is 11.5 Å². The van der Waals surface area contributed by atoms with Crippen LogP contribution in [-0.4, -0.2) is 43.6 Å². The summed E-state index contributed by atoms with van der Waals surface area (Å²) in [6.07, 6.45) is 0. The topological polar surface area (TPSA) is 42.0 Å². The first-order valence-corrected chi connectivity index (χ1v) is 12.5. The van der Waals surface area contributed by atoms with Crippen molar-refractivity contribution in [2.24, 2.45) is 0 Å². The smallest absolute Gasteiger partial charge is 0.253 e. The molecule has 0 N–H and O–H groups in total. The van der Waals surface area contributed by atoms with Crippen LogP contribution in [0.1, 0.15) is 39.5 Å². The lowest BCUT2D eigenvalue weighted by Gasteiger charge is -2.37. The maximum Gasteiger partial charge on any atom is 0.253 e. The molecule has 1 saturated heterocycles. The average molecular weight is 493 g/mol. The molecule has 0 spiro atoms. The minimum Gasteiger partial charge on any atom is -0.493 e. The van der Waals surface area contributed by atoms with E-state index in [0.717, 1.165) is 52.0 Å². The molecule has 3 aromatic rings. The van der Waals surface area contributed by atoms with E-state index >= 15 is 0 Å². The molecule has 0 atom stereocenters. The zero-order chi connectivity index (χ0) is 24.9. The van der Waals surface area contributed by atoms with Crippen molar-refractivity contribution < 1.29 is 14.3 Å². The molecule has 0 bridgehead atoms. The van der Waals surface area contributed by atoms with Crippen LogP contribution in [0, 0.1) is 20.8 Å². The van der Waals surface area contributed by atoms with Gasteiger partial charge >= 0.3 is 0 Å². The van der Waals surface area contributed by atoms with Gasteiger partial charge in [-0.25, -0.2) is 0 Å². The summed E-state index contributed by atoms with van der Waals surface area (Å²) >= 11 is 6.21. The number of anilines is 1. The quantitative estimate of drug-likeness (QED) is 0.393. The van der Waals surface area contributed by atoms with Gasteiger partial charge in [-0.3, -0.25) is 4.79 Å². The number of benzene rings is 3. The summed E-state index contributed by atoms with van der Waals surface area (Å²) in [6.45, 7) is 11.9. The molecule has 5 nitrogen and oxygen atoms in total. The predicted octanol–water partition coefficient (Wildman–Crippen LogP) is 6.21. The number of halogens is 1. The fourth-order valence-electron chi connectivity index (χ4n) is 4.56. The van der Waals surface area contributed by atoms with Crippen molar-refractivity contribution in [3.63, 3.8) is 0 Å². The van der Waals surface area contributed by atoms with Crippen molar-refractivity contribution in [1.82, 2.24) is 4.90 Å². The molecular formula is C29H33ClN2O3. The van der Waals surface area contributed by atoms with Gasteiger partial charge in [0.2, 0.25) is 0 Å². The van der Waals surface area contributed by atoms with Gasteiger partial charge in [0.1, 0.15) is 18.1 Å². The molecule has 6 heteroatoms. The molecule has 4 rings (SSSR count). The van der Waals surface area contributed by atoms with Gasteiger partial charge in [0.25, 0.3) is 5.91 Å². The van der Waals surface area contributed by atoms with Gasteiger partial charge in [-0.1, -0.05) is 23.7 Å². The Balaban J connectivity index is 1.46. The van der Waals surface area contributed by atoms with Crippen molar-refractivity contribution in [1.29, 1.82) is 0 Å². The van der Waals surface area contributed by atoms with Crippen LogP contribution >= 0.6 is 11.6 Å². The second kappa shape index (κ2) is 11.0. The van der Waals surface area contributed by atoms with Crippen LogP contribution in [0.25, 0.3) is 0 Å². The molecule has 0 aromatic heterocycles. The summed E-state index contributed by atoms with van der Waals surface area (Å²) in [7, 11) is 0. The van der Waals surface area contributed by atoms with Crippen LogP contribution in [0.15, 0.2) is 54.6 Å². The normalized spacial score (nSPS) is 13.6. The molecule has 0 unspecified atom stereocenters. The van der Waals surface area contributed by atoms with Crippen molar-refractivity contribution in [2.75, 3.05) is 37.7 Å². The third-order valence-electron chi connectivity index (χ3n) is 6.28. The van der Waals surface area contributed by atoms with Gasteiger partial charge in [0, 0.05) is 48.0 Å². The van der Waals surface area contributed by atoms with E-state index in [0.29, 0.717) is 31.9 Å². The van der Waals surface area contributed by atoms with Gasteiger partial charge in [0.15, 0.2) is 0 Å². The lowest BCUT2D eigenvalue weighted by atomic mass is 10.1. The minimum atomic E-state index is 0.0307. The van der Waals surface area contributed by atoms with Crippen LogP contribution in [0.5, 0.6) is 11.5 Å². The zero-order valence-corrected chi connectivity index (χ0v) is 21.7. The molecule has 0 aliphatic carbocycles. The van der Waals surface area contributed by atoms with E-state index in [9.17, 15) is 4.79 Å². The number of carbonyl (C=O) groups is 1. The van der Waals surface area contributed by atoms with Gasteiger partial charge in [-0.2, -0.15) is 0 Å². The Morgan fingerprint density at radius 1 is 0.886 bits per heavy atom. The van der Waals surface area contributed by atoms with Gasteiger partial charge in [-0.05, 0) is 86.8 Å². The van der Waals surface area contributed by atoms with Gasteiger partial charge in [0.05, 0.1) is 6.61 Å². The Bertz CT molecular complexity index is 1180. The predicted molar refractivity (Wildman–Crippen MR) is 142 cm³/mol. The van der Waals surface area contributed by atoms with Crippen LogP contribution < -0.4 is 14.4 Å². The van der Waals surface area contributed by atoms with E-state index in [2.05, 4.69) is 31.7 Å². The fraction of sp³-hybridized carbons (Fsp3) is 0.345. The molecule has 0 radical (unpaired) electrons.